The molecule has 2 aromatic rings. The van der Waals surface area contributed by atoms with Crippen LogP contribution in [-0.4, -0.2) is 35.6 Å². The van der Waals surface area contributed by atoms with Gasteiger partial charge in [0.2, 0.25) is 11.2 Å². The standard InChI is InChI=1S/C20H27ClN8OS/c1-3-28-12(2)15(9-23-28)24-18(31)26-25-16(30)19-5-13-4-14(6-19)8-20(7-13,10-19)29-11-22-17(21)27-29/h9,11,13-14H,3-8,10H2,1-2H3,(H,25,30)(H2,24,26,31)/t13-,14+,19?,20?. The number of aryl methyl sites for hydroxylation is 1. The molecule has 0 saturated heterocycles. The highest BCUT2D eigenvalue weighted by Gasteiger charge is 2.61. The number of amides is 1. The summed E-state index contributed by atoms with van der Waals surface area (Å²) in [5.41, 5.74) is 7.00. The van der Waals surface area contributed by atoms with Gasteiger partial charge >= 0.3 is 0 Å². The van der Waals surface area contributed by atoms with Gasteiger partial charge in [-0.1, -0.05) is 0 Å². The summed E-state index contributed by atoms with van der Waals surface area (Å²) < 4.78 is 3.80. The Morgan fingerprint density at radius 1 is 1.29 bits per heavy atom. The predicted octanol–water partition coefficient (Wildman–Crippen LogP) is 2.77. The number of halogens is 1. The molecule has 0 spiro atoms. The molecule has 4 aliphatic carbocycles. The number of aromatic nitrogens is 5. The molecule has 3 N–H and O–H groups in total. The predicted molar refractivity (Wildman–Crippen MR) is 120 cm³/mol. The second kappa shape index (κ2) is 7.44. The molecule has 4 fully saturated rings. The van der Waals surface area contributed by atoms with Gasteiger partial charge in [0.1, 0.15) is 6.33 Å². The first-order chi connectivity index (χ1) is 14.8. The second-order valence-electron chi connectivity index (χ2n) is 9.42. The van der Waals surface area contributed by atoms with Gasteiger partial charge in [0.15, 0.2) is 5.11 Å². The first-order valence-corrected chi connectivity index (χ1v) is 11.6. The van der Waals surface area contributed by atoms with Crippen LogP contribution in [0.2, 0.25) is 5.28 Å². The third kappa shape index (κ3) is 3.49. The molecule has 166 valence electrons. The second-order valence-corrected chi connectivity index (χ2v) is 10.2. The molecule has 2 aromatic heterocycles. The van der Waals surface area contributed by atoms with E-state index in [4.69, 9.17) is 23.8 Å². The van der Waals surface area contributed by atoms with Gasteiger partial charge in [0.25, 0.3) is 0 Å². The Hall–Kier alpha value is -2.20. The minimum atomic E-state index is -0.422. The number of carbonyl (C=O) groups is 1. The van der Waals surface area contributed by atoms with Crippen molar-refractivity contribution in [3.63, 3.8) is 0 Å². The maximum absolute atomic E-state index is 13.4. The largest absolute Gasteiger partial charge is 0.329 e. The van der Waals surface area contributed by atoms with E-state index in [9.17, 15) is 4.79 Å². The summed E-state index contributed by atoms with van der Waals surface area (Å²) in [6.07, 6.45) is 9.28. The Morgan fingerprint density at radius 2 is 2.03 bits per heavy atom. The molecule has 2 heterocycles. The molecule has 0 radical (unpaired) electrons. The minimum Gasteiger partial charge on any atom is -0.329 e. The molecule has 0 aliphatic heterocycles. The summed E-state index contributed by atoms with van der Waals surface area (Å²) in [6, 6.07) is 0. The van der Waals surface area contributed by atoms with Crippen molar-refractivity contribution < 1.29 is 4.79 Å². The zero-order valence-electron chi connectivity index (χ0n) is 17.7. The van der Waals surface area contributed by atoms with Crippen molar-refractivity contribution in [1.82, 2.24) is 35.4 Å². The lowest BCUT2D eigenvalue weighted by atomic mass is 9.46. The van der Waals surface area contributed by atoms with E-state index in [0.717, 1.165) is 50.0 Å². The molecular weight excluding hydrogens is 436 g/mol. The first-order valence-electron chi connectivity index (χ1n) is 10.8. The van der Waals surface area contributed by atoms with E-state index >= 15 is 0 Å². The molecule has 6 rings (SSSR count). The van der Waals surface area contributed by atoms with Gasteiger partial charge in [-0.2, -0.15) is 5.10 Å². The summed E-state index contributed by atoms with van der Waals surface area (Å²) in [5, 5.41) is 12.4. The van der Waals surface area contributed by atoms with Crippen molar-refractivity contribution >= 4 is 40.5 Å². The van der Waals surface area contributed by atoms with Crippen molar-refractivity contribution in [3.05, 3.63) is 23.5 Å². The highest BCUT2D eigenvalue weighted by molar-refractivity contribution is 7.80. The number of rotatable bonds is 4. The number of thiocarbonyl (C=S) groups is 1. The fraction of sp³-hybridized carbons (Fsp3) is 0.650. The van der Waals surface area contributed by atoms with Gasteiger partial charge in [0.05, 0.1) is 28.5 Å². The lowest BCUT2D eigenvalue weighted by Gasteiger charge is -2.60. The number of hydrogen-bond acceptors (Lipinski definition) is 5. The normalized spacial score (nSPS) is 30.9. The summed E-state index contributed by atoms with van der Waals surface area (Å²) in [5.74, 6) is 1.03. The summed E-state index contributed by atoms with van der Waals surface area (Å²) in [7, 11) is 0. The lowest BCUT2D eigenvalue weighted by molar-refractivity contribution is -0.156. The van der Waals surface area contributed by atoms with E-state index < -0.39 is 5.41 Å². The van der Waals surface area contributed by atoms with Crippen LogP contribution in [0.1, 0.15) is 51.1 Å². The van der Waals surface area contributed by atoms with E-state index in [1.165, 1.54) is 6.42 Å². The zero-order valence-corrected chi connectivity index (χ0v) is 19.3. The number of hydrogen-bond donors (Lipinski definition) is 3. The maximum Gasteiger partial charge on any atom is 0.244 e. The Labute approximate surface area is 191 Å². The topological polar surface area (TPSA) is 102 Å². The monoisotopic (exact) mass is 462 g/mol. The van der Waals surface area contributed by atoms with Crippen LogP contribution in [0, 0.1) is 24.2 Å². The highest BCUT2D eigenvalue weighted by Crippen LogP contribution is 2.64. The molecule has 4 aliphatic rings. The molecule has 31 heavy (non-hydrogen) atoms. The van der Waals surface area contributed by atoms with E-state index in [0.29, 0.717) is 16.9 Å². The Bertz CT molecular complexity index is 1020. The lowest BCUT2D eigenvalue weighted by Crippen LogP contribution is -2.62. The van der Waals surface area contributed by atoms with E-state index in [-0.39, 0.29) is 16.7 Å². The smallest absolute Gasteiger partial charge is 0.244 e. The molecular formula is C20H27ClN8OS. The number of carbonyl (C=O) groups excluding carboxylic acids is 1. The minimum absolute atomic E-state index is 0.00214. The third-order valence-corrected chi connectivity index (χ3v) is 7.78. The number of nitrogens with one attached hydrogen (secondary N) is 3. The van der Waals surface area contributed by atoms with Gasteiger partial charge < -0.3 is 5.32 Å². The SMILES string of the molecule is CCn1ncc(NC(=S)NNC(=O)C23C[C@H]4C[C@@H](C2)CC(n2cnc(Cl)n2)(C4)C3)c1C. The van der Waals surface area contributed by atoms with Gasteiger partial charge in [0, 0.05) is 6.54 Å². The average Bonchev–Trinajstić information content (AvgIpc) is 3.31. The van der Waals surface area contributed by atoms with Crippen molar-refractivity contribution in [1.29, 1.82) is 0 Å². The third-order valence-electron chi connectivity index (χ3n) is 7.40. The van der Waals surface area contributed by atoms with Crippen molar-refractivity contribution in [2.75, 3.05) is 5.32 Å². The van der Waals surface area contributed by atoms with Gasteiger partial charge in [-0.15, -0.1) is 5.10 Å². The van der Waals surface area contributed by atoms with E-state index in [1.807, 2.05) is 23.2 Å². The number of anilines is 1. The van der Waals surface area contributed by atoms with Gasteiger partial charge in [-0.05, 0) is 88.0 Å². The fourth-order valence-corrected chi connectivity index (χ4v) is 6.79. The van der Waals surface area contributed by atoms with Crippen LogP contribution in [0.25, 0.3) is 0 Å². The summed E-state index contributed by atoms with van der Waals surface area (Å²) >= 11 is 11.4. The molecule has 0 aromatic carbocycles. The fourth-order valence-electron chi connectivity index (χ4n) is 6.51. The first kappa shape index (κ1) is 20.7. The zero-order chi connectivity index (χ0) is 21.8. The molecule has 1 amide bonds. The van der Waals surface area contributed by atoms with Crippen LogP contribution in [-0.2, 0) is 16.9 Å². The molecule has 11 heteroatoms. The van der Waals surface area contributed by atoms with Crippen LogP contribution in [0.5, 0.6) is 0 Å². The molecule has 9 nitrogen and oxygen atoms in total. The molecule has 4 atom stereocenters. The summed E-state index contributed by atoms with van der Waals surface area (Å²) in [4.78, 5) is 17.5. The van der Waals surface area contributed by atoms with Gasteiger partial charge in [-0.25, -0.2) is 9.67 Å². The quantitative estimate of drug-likeness (QED) is 0.474. The number of nitrogens with zero attached hydrogens (tertiary/aromatic N) is 5. The Balaban J connectivity index is 1.28. The van der Waals surface area contributed by atoms with Crippen molar-refractivity contribution in [2.45, 2.75) is 64.5 Å². The average molecular weight is 463 g/mol. The Morgan fingerprint density at radius 3 is 2.65 bits per heavy atom. The van der Waals surface area contributed by atoms with E-state index in [2.05, 4.69) is 31.3 Å². The van der Waals surface area contributed by atoms with Crippen LogP contribution < -0.4 is 16.2 Å². The van der Waals surface area contributed by atoms with Crippen LogP contribution in [0.15, 0.2) is 12.5 Å². The van der Waals surface area contributed by atoms with Crippen molar-refractivity contribution in [2.24, 2.45) is 17.3 Å². The van der Waals surface area contributed by atoms with Gasteiger partial charge in [-0.3, -0.25) is 20.3 Å². The Kier molecular flexibility index (Phi) is 4.97. The van der Waals surface area contributed by atoms with Crippen LogP contribution in [0.4, 0.5) is 5.69 Å². The molecule has 2 unspecified atom stereocenters. The molecule has 4 saturated carbocycles. The van der Waals surface area contributed by atoms with E-state index in [1.54, 1.807) is 12.5 Å². The number of hydrazine groups is 1. The maximum atomic E-state index is 13.4. The van der Waals surface area contributed by atoms with Crippen molar-refractivity contribution in [3.8, 4) is 0 Å². The summed E-state index contributed by atoms with van der Waals surface area (Å²) in [6.45, 7) is 4.80. The van der Waals surface area contributed by atoms with Crippen LogP contribution in [0.3, 0.4) is 0 Å². The van der Waals surface area contributed by atoms with Crippen LogP contribution >= 0.6 is 23.8 Å². The highest BCUT2D eigenvalue weighted by atomic mass is 35.5. The molecule has 4 bridgehead atoms.